The summed E-state index contributed by atoms with van der Waals surface area (Å²) in [5.41, 5.74) is 6.21. The molecular weight excluding hydrogens is 229 g/mol. The quantitative estimate of drug-likeness (QED) is 0.463. The van der Waals surface area contributed by atoms with E-state index in [9.17, 15) is 4.79 Å². The average molecular weight is 246 g/mol. The highest BCUT2D eigenvalue weighted by Gasteiger charge is 2.26. The first-order valence-electron chi connectivity index (χ1n) is 3.82. The molecule has 0 saturated carbocycles. The fraction of sp³-hybridized carbons (Fsp3) is 0.857. The van der Waals surface area contributed by atoms with Gasteiger partial charge in [0.05, 0.1) is 15.2 Å². The van der Waals surface area contributed by atoms with Gasteiger partial charge in [0.25, 0.3) is 0 Å². The molecule has 0 saturated heterocycles. The number of hydrogen-bond donors (Lipinski definition) is 1. The summed E-state index contributed by atoms with van der Waals surface area (Å²) >= 11 is 5.74. The first-order chi connectivity index (χ1) is 5.43. The van der Waals surface area contributed by atoms with Crippen LogP contribution in [0.2, 0.25) is 19.1 Å². The van der Waals surface area contributed by atoms with Crippen molar-refractivity contribution in [2.45, 2.75) is 25.2 Å². The van der Waals surface area contributed by atoms with Gasteiger partial charge in [-0.1, -0.05) is 13.1 Å². The van der Waals surface area contributed by atoms with Gasteiger partial charge in [-0.05, 0) is 6.04 Å². The Hall–Kier alpha value is 0.227. The van der Waals surface area contributed by atoms with Gasteiger partial charge in [-0.2, -0.15) is 0 Å². The largest absolute Gasteiger partial charge is 0.468 e. The zero-order valence-corrected chi connectivity index (χ0v) is 10.7. The van der Waals surface area contributed by atoms with E-state index in [0.717, 1.165) is 0 Å². The van der Waals surface area contributed by atoms with E-state index in [1.54, 1.807) is 0 Å². The van der Waals surface area contributed by atoms with E-state index in [0.29, 0.717) is 11.5 Å². The van der Waals surface area contributed by atoms with Crippen LogP contribution in [0.3, 0.4) is 0 Å². The van der Waals surface area contributed by atoms with Crippen LogP contribution < -0.4 is 5.73 Å². The molecule has 1 unspecified atom stereocenters. The Kier molecular flexibility index (Phi) is 8.02. The summed E-state index contributed by atoms with van der Waals surface area (Å²) in [6, 6.07) is 0.179. The van der Waals surface area contributed by atoms with Crippen LogP contribution in [0.25, 0.3) is 0 Å². The zero-order valence-electron chi connectivity index (χ0n) is 8.17. The Morgan fingerprint density at radius 3 is 2.38 bits per heavy atom. The molecule has 0 rings (SSSR count). The second-order valence-corrected chi connectivity index (χ2v) is 9.44. The number of rotatable bonds is 4. The number of carbonyl (C=O) groups is 1. The van der Waals surface area contributed by atoms with Crippen molar-refractivity contribution in [2.75, 3.05) is 12.6 Å². The third-order valence-corrected chi connectivity index (χ3v) is 6.08. The number of esters is 1. The van der Waals surface area contributed by atoms with Gasteiger partial charge in [0.1, 0.15) is 6.04 Å². The standard InChI is InChI=1S/C7H16ClNO2Si.ClH/c1-11-7(10)6(9)4-12(2,3)5-8;/h6H,4-5,9H2,1-3H3;1H. The van der Waals surface area contributed by atoms with Gasteiger partial charge in [-0.15, -0.1) is 24.0 Å². The van der Waals surface area contributed by atoms with Crippen LogP contribution in [0.15, 0.2) is 0 Å². The topological polar surface area (TPSA) is 52.3 Å². The van der Waals surface area contributed by atoms with E-state index < -0.39 is 14.1 Å². The summed E-state index contributed by atoms with van der Waals surface area (Å²) in [6.07, 6.45) is 0. The molecule has 0 spiro atoms. The van der Waals surface area contributed by atoms with Gasteiger partial charge in [0, 0.05) is 5.50 Å². The van der Waals surface area contributed by atoms with E-state index in [1.165, 1.54) is 7.11 Å². The van der Waals surface area contributed by atoms with Crippen molar-refractivity contribution in [3.05, 3.63) is 0 Å². The highest BCUT2D eigenvalue weighted by atomic mass is 35.5. The maximum Gasteiger partial charge on any atom is 0.322 e. The number of alkyl halides is 1. The molecule has 0 bridgehead atoms. The molecule has 0 aliphatic carbocycles. The Labute approximate surface area is 91.4 Å². The van der Waals surface area contributed by atoms with E-state index in [2.05, 4.69) is 17.8 Å². The van der Waals surface area contributed by atoms with Crippen molar-refractivity contribution in [2.24, 2.45) is 5.73 Å². The Bertz CT molecular complexity index is 167. The predicted octanol–water partition coefficient (Wildman–Crippen LogP) is 1.39. The predicted molar refractivity (Wildman–Crippen MR) is 60.2 cm³/mol. The maximum absolute atomic E-state index is 10.9. The monoisotopic (exact) mass is 245 g/mol. The van der Waals surface area contributed by atoms with Crippen LogP contribution in [0.4, 0.5) is 0 Å². The van der Waals surface area contributed by atoms with Gasteiger partial charge < -0.3 is 10.5 Å². The molecule has 0 aromatic heterocycles. The summed E-state index contributed by atoms with van der Waals surface area (Å²) < 4.78 is 4.52. The lowest BCUT2D eigenvalue weighted by molar-refractivity contribution is -0.141. The fourth-order valence-corrected chi connectivity index (χ4v) is 2.68. The molecule has 0 aromatic carbocycles. The third-order valence-electron chi connectivity index (χ3n) is 1.64. The molecular formula is C7H17Cl2NO2Si. The van der Waals surface area contributed by atoms with Crippen LogP contribution in [0.5, 0.6) is 0 Å². The summed E-state index contributed by atoms with van der Waals surface area (Å²) in [4.78, 5) is 10.9. The van der Waals surface area contributed by atoms with E-state index in [1.807, 2.05) is 0 Å². The molecule has 80 valence electrons. The Morgan fingerprint density at radius 2 is 2.08 bits per heavy atom. The minimum absolute atomic E-state index is 0. The molecule has 2 N–H and O–H groups in total. The molecule has 1 atom stereocenters. The number of nitrogens with two attached hydrogens (primary N) is 1. The van der Waals surface area contributed by atoms with E-state index >= 15 is 0 Å². The molecule has 0 heterocycles. The molecule has 0 aromatic rings. The lowest BCUT2D eigenvalue weighted by Crippen LogP contribution is -2.41. The lowest BCUT2D eigenvalue weighted by Gasteiger charge is -2.21. The maximum atomic E-state index is 10.9. The van der Waals surface area contributed by atoms with Crippen molar-refractivity contribution in [3.63, 3.8) is 0 Å². The Balaban J connectivity index is 0. The minimum atomic E-state index is -1.48. The van der Waals surface area contributed by atoms with Crippen LogP contribution in [-0.4, -0.2) is 32.7 Å². The normalized spacial score (nSPS) is 13.0. The summed E-state index contributed by atoms with van der Waals surface area (Å²) in [6.45, 7) is 4.20. The van der Waals surface area contributed by atoms with Crippen molar-refractivity contribution in [1.29, 1.82) is 0 Å². The minimum Gasteiger partial charge on any atom is -0.468 e. The molecule has 13 heavy (non-hydrogen) atoms. The highest BCUT2D eigenvalue weighted by molar-refractivity contribution is 6.83. The number of methoxy groups -OCH3 is 1. The van der Waals surface area contributed by atoms with Crippen molar-refractivity contribution in [1.82, 2.24) is 0 Å². The van der Waals surface area contributed by atoms with E-state index in [4.69, 9.17) is 17.3 Å². The second kappa shape index (κ2) is 6.65. The highest BCUT2D eigenvalue weighted by Crippen LogP contribution is 2.13. The van der Waals surface area contributed by atoms with Crippen LogP contribution in [0.1, 0.15) is 0 Å². The summed E-state index contributed by atoms with van der Waals surface area (Å²) in [5.74, 6) is -0.347. The fourth-order valence-electron chi connectivity index (χ4n) is 0.885. The van der Waals surface area contributed by atoms with Crippen LogP contribution >= 0.6 is 24.0 Å². The van der Waals surface area contributed by atoms with Crippen LogP contribution in [-0.2, 0) is 9.53 Å². The van der Waals surface area contributed by atoms with Crippen molar-refractivity contribution >= 4 is 38.1 Å². The average Bonchev–Trinajstić information content (AvgIpc) is 2.02. The number of carbonyl (C=O) groups excluding carboxylic acids is 1. The van der Waals surface area contributed by atoms with Gasteiger partial charge in [0.2, 0.25) is 0 Å². The molecule has 0 amide bonds. The van der Waals surface area contributed by atoms with Gasteiger partial charge >= 0.3 is 5.97 Å². The first kappa shape index (κ1) is 15.7. The van der Waals surface area contributed by atoms with Gasteiger partial charge in [-0.25, -0.2) is 0 Å². The summed E-state index contributed by atoms with van der Waals surface area (Å²) in [7, 11) is -0.135. The number of halogens is 2. The lowest BCUT2D eigenvalue weighted by atomic mass is 10.4. The van der Waals surface area contributed by atoms with Crippen molar-refractivity contribution in [3.8, 4) is 0 Å². The second-order valence-electron chi connectivity index (χ2n) is 3.63. The van der Waals surface area contributed by atoms with Crippen molar-refractivity contribution < 1.29 is 9.53 Å². The zero-order chi connectivity index (χ0) is 9.78. The molecule has 0 aliphatic rings. The number of ether oxygens (including phenoxy) is 1. The van der Waals surface area contributed by atoms with E-state index in [-0.39, 0.29) is 18.4 Å². The smallest absolute Gasteiger partial charge is 0.322 e. The van der Waals surface area contributed by atoms with Gasteiger partial charge in [-0.3, -0.25) is 4.79 Å². The first-order valence-corrected chi connectivity index (χ1v) is 7.77. The third kappa shape index (κ3) is 6.32. The van der Waals surface area contributed by atoms with Crippen LogP contribution in [0, 0.1) is 0 Å². The molecule has 0 fully saturated rings. The summed E-state index contributed by atoms with van der Waals surface area (Å²) in [5, 5.41) is 0. The molecule has 0 radical (unpaired) electrons. The Morgan fingerprint density at radius 1 is 1.62 bits per heavy atom. The number of hydrogen-bond acceptors (Lipinski definition) is 3. The molecule has 3 nitrogen and oxygen atoms in total. The molecule has 6 heteroatoms. The van der Waals surface area contributed by atoms with Gasteiger partial charge in [0.15, 0.2) is 0 Å². The molecule has 0 aliphatic heterocycles. The SMILES string of the molecule is COC(=O)C(N)C[Si](C)(C)CCl.Cl.